The van der Waals surface area contributed by atoms with Gasteiger partial charge in [-0.1, -0.05) is 42.0 Å². The SMILES string of the molecule is Cc1ccc2c(c1)cc(C)c1sc3ccccc3c12. The standard InChI is InChI=1S/C18H14S/c1-11-7-8-14-13(9-11)10-12(2)18-17(14)15-5-3-4-6-16(15)19-18/h3-10H,1-2H3. The zero-order valence-corrected chi connectivity index (χ0v) is 11.8. The lowest BCUT2D eigenvalue weighted by Crippen LogP contribution is -1.80. The summed E-state index contributed by atoms with van der Waals surface area (Å²) in [7, 11) is 0. The Balaban J connectivity index is 2.36. The van der Waals surface area contributed by atoms with Crippen molar-refractivity contribution in [3.63, 3.8) is 0 Å². The van der Waals surface area contributed by atoms with Gasteiger partial charge in [0, 0.05) is 20.2 Å². The minimum atomic E-state index is 1.32. The molecule has 0 N–H and O–H groups in total. The normalized spacial score (nSPS) is 11.7. The Bertz CT molecular complexity index is 929. The van der Waals surface area contributed by atoms with Gasteiger partial charge in [0.05, 0.1) is 0 Å². The van der Waals surface area contributed by atoms with E-state index in [-0.39, 0.29) is 0 Å². The van der Waals surface area contributed by atoms with Crippen molar-refractivity contribution in [1.82, 2.24) is 0 Å². The molecule has 0 saturated heterocycles. The molecule has 0 saturated carbocycles. The van der Waals surface area contributed by atoms with E-state index >= 15 is 0 Å². The molecule has 19 heavy (non-hydrogen) atoms. The van der Waals surface area contributed by atoms with Gasteiger partial charge in [0.2, 0.25) is 0 Å². The fourth-order valence-corrected chi connectivity index (χ4v) is 4.11. The van der Waals surface area contributed by atoms with Crippen molar-refractivity contribution >= 4 is 42.3 Å². The number of thiophene rings is 1. The number of rotatable bonds is 0. The Kier molecular flexibility index (Phi) is 2.21. The molecule has 0 aliphatic heterocycles. The van der Waals surface area contributed by atoms with Gasteiger partial charge in [0.1, 0.15) is 0 Å². The van der Waals surface area contributed by atoms with E-state index in [2.05, 4.69) is 62.4 Å². The van der Waals surface area contributed by atoms with Crippen LogP contribution in [0.5, 0.6) is 0 Å². The third-order valence-electron chi connectivity index (χ3n) is 3.80. The van der Waals surface area contributed by atoms with E-state index in [1.54, 1.807) is 0 Å². The fraction of sp³-hybridized carbons (Fsp3) is 0.111. The molecular formula is C18H14S. The molecular weight excluding hydrogens is 248 g/mol. The lowest BCUT2D eigenvalue weighted by molar-refractivity contribution is 1.50. The molecule has 0 unspecified atom stereocenters. The smallest absolute Gasteiger partial charge is 0.0391 e. The highest BCUT2D eigenvalue weighted by Crippen LogP contribution is 2.40. The highest BCUT2D eigenvalue weighted by Gasteiger charge is 2.10. The largest absolute Gasteiger partial charge is 0.135 e. The molecule has 0 aliphatic rings. The van der Waals surface area contributed by atoms with Crippen LogP contribution in [0.2, 0.25) is 0 Å². The summed E-state index contributed by atoms with van der Waals surface area (Å²) in [6, 6.07) is 17.8. The zero-order valence-electron chi connectivity index (χ0n) is 11.0. The van der Waals surface area contributed by atoms with Crippen molar-refractivity contribution in [3.05, 3.63) is 59.7 Å². The molecule has 3 aromatic carbocycles. The second-order valence-corrected chi connectivity index (χ2v) is 6.27. The third kappa shape index (κ3) is 1.52. The van der Waals surface area contributed by atoms with Crippen LogP contribution < -0.4 is 0 Å². The topological polar surface area (TPSA) is 0 Å². The van der Waals surface area contributed by atoms with Crippen LogP contribution >= 0.6 is 11.3 Å². The maximum Gasteiger partial charge on any atom is 0.0391 e. The van der Waals surface area contributed by atoms with Gasteiger partial charge >= 0.3 is 0 Å². The molecule has 4 aromatic rings. The summed E-state index contributed by atoms with van der Waals surface area (Å²) in [5.74, 6) is 0. The first-order valence-corrected chi connectivity index (χ1v) is 7.37. The van der Waals surface area contributed by atoms with Crippen molar-refractivity contribution in [2.24, 2.45) is 0 Å². The average Bonchev–Trinajstić information content (AvgIpc) is 2.79. The van der Waals surface area contributed by atoms with Gasteiger partial charge in [-0.05, 0) is 42.3 Å². The lowest BCUT2D eigenvalue weighted by Gasteiger charge is -2.05. The first-order chi connectivity index (χ1) is 9.24. The van der Waals surface area contributed by atoms with Gasteiger partial charge in [-0.25, -0.2) is 0 Å². The summed E-state index contributed by atoms with van der Waals surface area (Å²) in [5.41, 5.74) is 2.71. The molecule has 1 aromatic heterocycles. The van der Waals surface area contributed by atoms with Crippen LogP contribution in [0.3, 0.4) is 0 Å². The average molecular weight is 262 g/mol. The van der Waals surface area contributed by atoms with Crippen LogP contribution in [0.15, 0.2) is 48.5 Å². The summed E-state index contributed by atoms with van der Waals surface area (Å²) in [4.78, 5) is 0. The molecule has 0 radical (unpaired) electrons. The fourth-order valence-electron chi connectivity index (χ4n) is 2.92. The van der Waals surface area contributed by atoms with Gasteiger partial charge in [0.25, 0.3) is 0 Å². The van der Waals surface area contributed by atoms with E-state index in [0.717, 1.165) is 0 Å². The second-order valence-electron chi connectivity index (χ2n) is 5.22. The lowest BCUT2D eigenvalue weighted by atomic mass is 9.99. The Morgan fingerprint density at radius 2 is 1.68 bits per heavy atom. The van der Waals surface area contributed by atoms with Gasteiger partial charge in [-0.2, -0.15) is 0 Å². The van der Waals surface area contributed by atoms with E-state index in [0.29, 0.717) is 0 Å². The van der Waals surface area contributed by atoms with Crippen molar-refractivity contribution in [2.75, 3.05) is 0 Å². The molecule has 0 fully saturated rings. The van der Waals surface area contributed by atoms with E-state index in [9.17, 15) is 0 Å². The summed E-state index contributed by atoms with van der Waals surface area (Å²) in [6.07, 6.45) is 0. The van der Waals surface area contributed by atoms with Crippen LogP contribution in [-0.4, -0.2) is 0 Å². The van der Waals surface area contributed by atoms with E-state index in [1.807, 2.05) is 11.3 Å². The maximum absolute atomic E-state index is 2.32. The van der Waals surface area contributed by atoms with Crippen LogP contribution in [0, 0.1) is 13.8 Å². The highest BCUT2D eigenvalue weighted by atomic mass is 32.1. The Labute approximate surface area is 116 Å². The molecule has 0 atom stereocenters. The van der Waals surface area contributed by atoms with Gasteiger partial charge in [-0.15, -0.1) is 11.3 Å². The number of fused-ring (bicyclic) bond motifs is 5. The molecule has 0 bridgehead atoms. The molecule has 1 heterocycles. The van der Waals surface area contributed by atoms with E-state index < -0.39 is 0 Å². The Hall–Kier alpha value is -1.86. The summed E-state index contributed by atoms with van der Waals surface area (Å²) in [5, 5.41) is 5.55. The van der Waals surface area contributed by atoms with Crippen LogP contribution in [0.25, 0.3) is 30.9 Å². The predicted octanol–water partition coefficient (Wildman–Crippen LogP) is 5.82. The van der Waals surface area contributed by atoms with Crippen molar-refractivity contribution < 1.29 is 0 Å². The molecule has 1 heteroatoms. The molecule has 0 nitrogen and oxygen atoms in total. The van der Waals surface area contributed by atoms with E-state index in [4.69, 9.17) is 0 Å². The summed E-state index contributed by atoms with van der Waals surface area (Å²) >= 11 is 1.91. The first kappa shape index (κ1) is 11.0. The number of hydrogen-bond donors (Lipinski definition) is 0. The van der Waals surface area contributed by atoms with E-state index in [1.165, 1.54) is 42.1 Å². The molecule has 4 rings (SSSR count). The minimum Gasteiger partial charge on any atom is -0.135 e. The van der Waals surface area contributed by atoms with Crippen LogP contribution in [0.4, 0.5) is 0 Å². The summed E-state index contributed by atoms with van der Waals surface area (Å²) in [6.45, 7) is 4.38. The number of benzene rings is 3. The van der Waals surface area contributed by atoms with Crippen molar-refractivity contribution in [2.45, 2.75) is 13.8 Å². The zero-order chi connectivity index (χ0) is 13.0. The van der Waals surface area contributed by atoms with Gasteiger partial charge in [0.15, 0.2) is 0 Å². The predicted molar refractivity (Wildman–Crippen MR) is 86.3 cm³/mol. The maximum atomic E-state index is 2.32. The molecule has 92 valence electrons. The minimum absolute atomic E-state index is 1.32. The highest BCUT2D eigenvalue weighted by molar-refractivity contribution is 7.26. The number of hydrogen-bond acceptors (Lipinski definition) is 1. The Morgan fingerprint density at radius 3 is 2.58 bits per heavy atom. The second kappa shape index (κ2) is 3.82. The van der Waals surface area contributed by atoms with Crippen LogP contribution in [-0.2, 0) is 0 Å². The number of aryl methyl sites for hydroxylation is 2. The third-order valence-corrected chi connectivity index (χ3v) is 5.11. The van der Waals surface area contributed by atoms with Crippen molar-refractivity contribution in [3.8, 4) is 0 Å². The quantitative estimate of drug-likeness (QED) is 0.374. The molecule has 0 spiro atoms. The van der Waals surface area contributed by atoms with Gasteiger partial charge < -0.3 is 0 Å². The summed E-state index contributed by atoms with van der Waals surface area (Å²) < 4.78 is 2.81. The Morgan fingerprint density at radius 1 is 0.842 bits per heavy atom. The first-order valence-electron chi connectivity index (χ1n) is 6.55. The monoisotopic (exact) mass is 262 g/mol. The van der Waals surface area contributed by atoms with Crippen LogP contribution in [0.1, 0.15) is 11.1 Å². The van der Waals surface area contributed by atoms with Gasteiger partial charge in [-0.3, -0.25) is 0 Å². The van der Waals surface area contributed by atoms with Crippen molar-refractivity contribution in [1.29, 1.82) is 0 Å². The molecule has 0 amide bonds. The molecule has 0 aliphatic carbocycles.